The molecular formula is C18H17NO2S. The third-order valence-corrected chi connectivity index (χ3v) is 4.46. The number of fused-ring (bicyclic) bond motifs is 1. The number of hydrogen-bond acceptors (Lipinski definition) is 2. The molecule has 0 unspecified atom stereocenters. The molecule has 3 rings (SSSR count). The molecule has 0 radical (unpaired) electrons. The van der Waals surface area contributed by atoms with Gasteiger partial charge in [-0.1, -0.05) is 36.4 Å². The Balaban J connectivity index is 1.74. The smallest absolute Gasteiger partial charge is 0.313 e. The number of aryl methyl sites for hydroxylation is 1. The fourth-order valence-electron chi connectivity index (χ4n) is 2.44. The molecule has 0 amide bonds. The zero-order valence-electron chi connectivity index (χ0n) is 12.1. The highest BCUT2D eigenvalue weighted by Crippen LogP contribution is 2.23. The van der Waals surface area contributed by atoms with E-state index >= 15 is 0 Å². The number of pyridine rings is 1. The van der Waals surface area contributed by atoms with Crippen LogP contribution in [0.2, 0.25) is 0 Å². The van der Waals surface area contributed by atoms with Crippen LogP contribution in [0.5, 0.6) is 0 Å². The third-order valence-electron chi connectivity index (χ3n) is 3.52. The summed E-state index contributed by atoms with van der Waals surface area (Å²) in [6.45, 7) is 0. The van der Waals surface area contributed by atoms with E-state index < -0.39 is 5.97 Å². The molecule has 3 nitrogen and oxygen atoms in total. The van der Waals surface area contributed by atoms with Gasteiger partial charge in [-0.15, -0.1) is 11.8 Å². The fourth-order valence-corrected chi connectivity index (χ4v) is 3.14. The summed E-state index contributed by atoms with van der Waals surface area (Å²) < 4.78 is 2.14. The Labute approximate surface area is 133 Å². The average Bonchev–Trinajstić information content (AvgIpc) is 2.95. The second-order valence-electron chi connectivity index (χ2n) is 5.16. The Hall–Kier alpha value is -2.20. The number of carbonyl (C=O) groups is 1. The molecule has 0 aliphatic carbocycles. The lowest BCUT2D eigenvalue weighted by Gasteiger charge is -2.02. The molecule has 0 aliphatic heterocycles. The van der Waals surface area contributed by atoms with Crippen LogP contribution < -0.4 is 0 Å². The van der Waals surface area contributed by atoms with Crippen LogP contribution in [0.25, 0.3) is 16.6 Å². The first-order valence-corrected chi connectivity index (χ1v) is 8.33. The maximum absolute atomic E-state index is 10.5. The molecule has 1 N–H and O–H groups in total. The number of hydrogen-bond donors (Lipinski definition) is 1. The predicted molar refractivity (Wildman–Crippen MR) is 91.5 cm³/mol. The first-order chi connectivity index (χ1) is 10.7. The van der Waals surface area contributed by atoms with Crippen LogP contribution in [0.4, 0.5) is 0 Å². The van der Waals surface area contributed by atoms with Crippen molar-refractivity contribution in [1.29, 1.82) is 0 Å². The van der Waals surface area contributed by atoms with Crippen LogP contribution in [0.1, 0.15) is 5.56 Å². The molecule has 22 heavy (non-hydrogen) atoms. The summed E-state index contributed by atoms with van der Waals surface area (Å²) in [4.78, 5) is 10.5. The molecular weight excluding hydrogens is 294 g/mol. The van der Waals surface area contributed by atoms with E-state index in [1.54, 1.807) is 0 Å². The fraction of sp³-hybridized carbons (Fsp3) is 0.167. The lowest BCUT2D eigenvalue weighted by Crippen LogP contribution is -2.00. The highest BCUT2D eigenvalue weighted by atomic mass is 32.2. The Morgan fingerprint density at radius 1 is 1.05 bits per heavy atom. The van der Waals surface area contributed by atoms with E-state index in [0.29, 0.717) is 0 Å². The number of aliphatic carboxylic acids is 1. The van der Waals surface area contributed by atoms with Gasteiger partial charge in [0.1, 0.15) is 0 Å². The van der Waals surface area contributed by atoms with Gasteiger partial charge >= 0.3 is 5.97 Å². The topological polar surface area (TPSA) is 41.7 Å². The lowest BCUT2D eigenvalue weighted by molar-refractivity contribution is -0.133. The zero-order valence-corrected chi connectivity index (χ0v) is 12.9. The van der Waals surface area contributed by atoms with E-state index in [9.17, 15) is 4.79 Å². The molecule has 0 fully saturated rings. The van der Waals surface area contributed by atoms with Crippen LogP contribution >= 0.6 is 11.8 Å². The number of thioether (sulfide) groups is 1. The Morgan fingerprint density at radius 2 is 1.86 bits per heavy atom. The van der Waals surface area contributed by atoms with E-state index in [1.165, 1.54) is 34.0 Å². The van der Waals surface area contributed by atoms with Gasteiger partial charge < -0.3 is 9.51 Å². The molecule has 2 heterocycles. The molecule has 1 aromatic carbocycles. The molecule has 112 valence electrons. The van der Waals surface area contributed by atoms with Gasteiger partial charge in [-0.3, -0.25) is 4.79 Å². The van der Waals surface area contributed by atoms with E-state index in [0.717, 1.165) is 12.2 Å². The minimum absolute atomic E-state index is 0.171. The van der Waals surface area contributed by atoms with Gasteiger partial charge in [-0.05, 0) is 35.4 Å². The molecule has 0 bridgehead atoms. The Bertz CT molecular complexity index is 780. The SMILES string of the molecule is O=C(O)CSCCc1ccc2cc(-c3ccccc3)cn2c1. The molecule has 0 atom stereocenters. The van der Waals surface area contributed by atoms with Crippen molar-refractivity contribution in [1.82, 2.24) is 4.40 Å². The van der Waals surface area contributed by atoms with Crippen molar-refractivity contribution in [3.63, 3.8) is 0 Å². The number of carboxylic acids is 1. The number of rotatable bonds is 6. The van der Waals surface area contributed by atoms with E-state index in [-0.39, 0.29) is 5.75 Å². The molecule has 0 spiro atoms. The van der Waals surface area contributed by atoms with Gasteiger partial charge in [0.2, 0.25) is 0 Å². The summed E-state index contributed by atoms with van der Waals surface area (Å²) in [5.74, 6) is 0.243. The van der Waals surface area contributed by atoms with E-state index in [1.807, 2.05) is 18.2 Å². The molecule has 2 aromatic heterocycles. The number of nitrogens with zero attached hydrogens (tertiary/aromatic N) is 1. The highest BCUT2D eigenvalue weighted by molar-refractivity contribution is 7.99. The van der Waals surface area contributed by atoms with Gasteiger partial charge in [0.15, 0.2) is 0 Å². The summed E-state index contributed by atoms with van der Waals surface area (Å²) in [5, 5.41) is 8.64. The van der Waals surface area contributed by atoms with Crippen molar-refractivity contribution in [2.24, 2.45) is 0 Å². The largest absolute Gasteiger partial charge is 0.481 e. The number of aromatic nitrogens is 1. The second kappa shape index (κ2) is 6.71. The summed E-state index contributed by atoms with van der Waals surface area (Å²) in [6, 6.07) is 16.7. The monoisotopic (exact) mass is 311 g/mol. The Kier molecular flexibility index (Phi) is 4.49. The van der Waals surface area contributed by atoms with Gasteiger partial charge in [0, 0.05) is 23.5 Å². The van der Waals surface area contributed by atoms with Gasteiger partial charge in [0.05, 0.1) is 5.75 Å². The third kappa shape index (κ3) is 3.52. The predicted octanol–water partition coefficient (Wildman–Crippen LogP) is 3.97. The minimum Gasteiger partial charge on any atom is -0.481 e. The number of benzene rings is 1. The van der Waals surface area contributed by atoms with E-state index in [4.69, 9.17) is 5.11 Å². The van der Waals surface area contributed by atoms with Crippen LogP contribution in [0, 0.1) is 0 Å². The molecule has 3 aromatic rings. The summed E-state index contributed by atoms with van der Waals surface area (Å²) in [6.07, 6.45) is 5.15. The van der Waals surface area contributed by atoms with Crippen LogP contribution in [-0.4, -0.2) is 27.0 Å². The van der Waals surface area contributed by atoms with Gasteiger partial charge in [-0.2, -0.15) is 0 Å². The van der Waals surface area contributed by atoms with Crippen LogP contribution in [0.15, 0.2) is 60.9 Å². The second-order valence-corrected chi connectivity index (χ2v) is 6.27. The van der Waals surface area contributed by atoms with Crippen molar-refractivity contribution in [3.8, 4) is 11.1 Å². The van der Waals surface area contributed by atoms with Crippen LogP contribution in [-0.2, 0) is 11.2 Å². The standard InChI is InChI=1S/C18H17NO2S/c20-18(21)13-22-9-8-14-6-7-17-10-16(12-19(17)11-14)15-4-2-1-3-5-15/h1-7,10-12H,8-9,13H2,(H,20,21). The molecule has 0 saturated carbocycles. The van der Waals surface area contributed by atoms with Crippen molar-refractivity contribution in [2.75, 3.05) is 11.5 Å². The van der Waals surface area contributed by atoms with Crippen LogP contribution in [0.3, 0.4) is 0 Å². The summed E-state index contributed by atoms with van der Waals surface area (Å²) in [5.41, 5.74) is 4.81. The summed E-state index contributed by atoms with van der Waals surface area (Å²) in [7, 11) is 0. The van der Waals surface area contributed by atoms with E-state index in [2.05, 4.69) is 47.1 Å². The van der Waals surface area contributed by atoms with Crippen molar-refractivity contribution < 1.29 is 9.90 Å². The highest BCUT2D eigenvalue weighted by Gasteiger charge is 2.03. The van der Waals surface area contributed by atoms with Gasteiger partial charge in [-0.25, -0.2) is 0 Å². The maximum atomic E-state index is 10.5. The molecule has 0 aliphatic rings. The van der Waals surface area contributed by atoms with Crippen molar-refractivity contribution in [3.05, 3.63) is 66.5 Å². The summed E-state index contributed by atoms with van der Waals surface area (Å²) >= 11 is 1.45. The first kappa shape index (κ1) is 14.7. The van der Waals surface area contributed by atoms with Crippen molar-refractivity contribution in [2.45, 2.75) is 6.42 Å². The van der Waals surface area contributed by atoms with Gasteiger partial charge in [0.25, 0.3) is 0 Å². The maximum Gasteiger partial charge on any atom is 0.313 e. The lowest BCUT2D eigenvalue weighted by atomic mass is 10.1. The normalized spacial score (nSPS) is 10.9. The van der Waals surface area contributed by atoms with Crippen molar-refractivity contribution >= 4 is 23.2 Å². The zero-order chi connectivity index (χ0) is 15.4. The molecule has 0 saturated heterocycles. The Morgan fingerprint density at radius 3 is 2.64 bits per heavy atom. The minimum atomic E-state index is -0.752. The number of carboxylic acid groups (broad SMARTS) is 1. The molecule has 4 heteroatoms. The quantitative estimate of drug-likeness (QED) is 0.700. The average molecular weight is 311 g/mol. The first-order valence-electron chi connectivity index (χ1n) is 7.18.